The van der Waals surface area contributed by atoms with Crippen LogP contribution in [0.1, 0.15) is 44.9 Å². The van der Waals surface area contributed by atoms with Gasteiger partial charge in [-0.15, -0.1) is 0 Å². The third kappa shape index (κ3) is 3.75. The standard InChI is InChI=1S/C12H19F/c1-10(11(2)13)8-9-12-6-4-3-5-7-12/h12H,1-9H2. The lowest BCUT2D eigenvalue weighted by molar-refractivity contribution is 0.338. The Morgan fingerprint density at radius 2 is 1.77 bits per heavy atom. The number of hydrogen-bond donors (Lipinski definition) is 0. The van der Waals surface area contributed by atoms with Crippen LogP contribution in [0.4, 0.5) is 4.39 Å². The first-order chi connectivity index (χ1) is 6.20. The third-order valence-electron chi connectivity index (χ3n) is 2.96. The van der Waals surface area contributed by atoms with Crippen molar-refractivity contribution in [1.29, 1.82) is 0 Å². The van der Waals surface area contributed by atoms with E-state index in [4.69, 9.17) is 0 Å². The van der Waals surface area contributed by atoms with E-state index < -0.39 is 0 Å². The maximum absolute atomic E-state index is 12.6. The van der Waals surface area contributed by atoms with E-state index in [0.29, 0.717) is 5.57 Å². The van der Waals surface area contributed by atoms with E-state index >= 15 is 0 Å². The Hall–Kier alpha value is -0.590. The molecule has 0 amide bonds. The van der Waals surface area contributed by atoms with Gasteiger partial charge in [0.05, 0.1) is 0 Å². The highest BCUT2D eigenvalue weighted by Crippen LogP contribution is 2.29. The van der Waals surface area contributed by atoms with Gasteiger partial charge in [0.15, 0.2) is 0 Å². The van der Waals surface area contributed by atoms with Gasteiger partial charge in [-0.2, -0.15) is 0 Å². The van der Waals surface area contributed by atoms with Crippen molar-refractivity contribution in [3.63, 3.8) is 0 Å². The molecule has 0 atom stereocenters. The molecule has 0 unspecified atom stereocenters. The molecule has 0 nitrogen and oxygen atoms in total. The summed E-state index contributed by atoms with van der Waals surface area (Å²) in [5, 5.41) is 0. The minimum Gasteiger partial charge on any atom is -0.207 e. The van der Waals surface area contributed by atoms with Crippen molar-refractivity contribution in [3.8, 4) is 0 Å². The monoisotopic (exact) mass is 182 g/mol. The number of rotatable bonds is 4. The zero-order valence-corrected chi connectivity index (χ0v) is 8.32. The number of allylic oxidation sites excluding steroid dienone is 2. The summed E-state index contributed by atoms with van der Waals surface area (Å²) >= 11 is 0. The van der Waals surface area contributed by atoms with Crippen molar-refractivity contribution >= 4 is 0 Å². The number of hydrogen-bond acceptors (Lipinski definition) is 0. The minimum absolute atomic E-state index is 0.337. The van der Waals surface area contributed by atoms with E-state index in [1.54, 1.807) is 0 Å². The van der Waals surface area contributed by atoms with Crippen molar-refractivity contribution in [1.82, 2.24) is 0 Å². The number of halogens is 1. The highest BCUT2D eigenvalue weighted by Gasteiger charge is 2.13. The van der Waals surface area contributed by atoms with Crippen LogP contribution in [0.15, 0.2) is 24.6 Å². The van der Waals surface area contributed by atoms with Crippen LogP contribution >= 0.6 is 0 Å². The lowest BCUT2D eigenvalue weighted by atomic mass is 9.85. The fourth-order valence-electron chi connectivity index (χ4n) is 1.99. The van der Waals surface area contributed by atoms with E-state index in [-0.39, 0.29) is 5.83 Å². The van der Waals surface area contributed by atoms with Gasteiger partial charge in [0.2, 0.25) is 0 Å². The quantitative estimate of drug-likeness (QED) is 0.566. The Morgan fingerprint density at radius 1 is 1.15 bits per heavy atom. The SMILES string of the molecule is C=C(F)C(=C)CCC1CCCCC1. The molecule has 1 heteroatoms. The molecule has 0 aromatic heterocycles. The maximum Gasteiger partial charge on any atom is 0.118 e. The average molecular weight is 182 g/mol. The van der Waals surface area contributed by atoms with Crippen LogP contribution in [0.5, 0.6) is 0 Å². The zero-order valence-electron chi connectivity index (χ0n) is 8.32. The molecule has 74 valence electrons. The van der Waals surface area contributed by atoms with Crippen LogP contribution in [0.2, 0.25) is 0 Å². The molecule has 0 spiro atoms. The third-order valence-corrected chi connectivity index (χ3v) is 2.96. The summed E-state index contributed by atoms with van der Waals surface area (Å²) in [6.45, 7) is 6.92. The second kappa shape index (κ2) is 5.21. The second-order valence-corrected chi connectivity index (χ2v) is 4.05. The molecule has 0 heterocycles. The fourth-order valence-corrected chi connectivity index (χ4v) is 1.99. The van der Waals surface area contributed by atoms with Gasteiger partial charge in [0.1, 0.15) is 5.83 Å². The molecular weight excluding hydrogens is 163 g/mol. The summed E-state index contributed by atoms with van der Waals surface area (Å²) in [6, 6.07) is 0. The highest BCUT2D eigenvalue weighted by atomic mass is 19.1. The van der Waals surface area contributed by atoms with E-state index in [9.17, 15) is 4.39 Å². The first kappa shape index (κ1) is 10.5. The van der Waals surface area contributed by atoms with Gasteiger partial charge in [-0.05, 0) is 24.3 Å². The molecule has 1 aliphatic carbocycles. The van der Waals surface area contributed by atoms with E-state index in [1.807, 2.05) is 0 Å². The molecule has 0 aromatic carbocycles. The molecule has 1 aliphatic rings. The molecule has 1 rings (SSSR count). The predicted octanol–water partition coefficient (Wildman–Crippen LogP) is 4.39. The molecule has 13 heavy (non-hydrogen) atoms. The highest BCUT2D eigenvalue weighted by molar-refractivity contribution is 5.17. The van der Waals surface area contributed by atoms with Crippen LogP contribution in [0.25, 0.3) is 0 Å². The molecule has 0 aromatic rings. The van der Waals surface area contributed by atoms with Crippen molar-refractivity contribution < 1.29 is 4.39 Å². The smallest absolute Gasteiger partial charge is 0.118 e. The molecule has 1 fully saturated rings. The van der Waals surface area contributed by atoms with E-state index in [2.05, 4.69) is 13.2 Å². The zero-order chi connectivity index (χ0) is 9.68. The van der Waals surface area contributed by atoms with Gasteiger partial charge in [-0.1, -0.05) is 45.3 Å². The van der Waals surface area contributed by atoms with Crippen LogP contribution in [-0.2, 0) is 0 Å². The molecular formula is C12H19F. The topological polar surface area (TPSA) is 0 Å². The Labute approximate surface area is 80.5 Å². The summed E-state index contributed by atoms with van der Waals surface area (Å²) < 4.78 is 12.6. The Morgan fingerprint density at radius 3 is 2.31 bits per heavy atom. The van der Waals surface area contributed by atoms with Crippen LogP contribution in [0.3, 0.4) is 0 Å². The lowest BCUT2D eigenvalue weighted by Gasteiger charge is -2.21. The van der Waals surface area contributed by atoms with Gasteiger partial charge in [0.25, 0.3) is 0 Å². The minimum atomic E-state index is -0.337. The van der Waals surface area contributed by atoms with Crippen LogP contribution in [-0.4, -0.2) is 0 Å². The van der Waals surface area contributed by atoms with Gasteiger partial charge in [-0.25, -0.2) is 4.39 Å². The molecule has 0 N–H and O–H groups in total. The Kier molecular flexibility index (Phi) is 4.20. The van der Waals surface area contributed by atoms with Crippen molar-refractivity contribution in [2.24, 2.45) is 5.92 Å². The molecule has 0 radical (unpaired) electrons. The Balaban J connectivity index is 2.17. The van der Waals surface area contributed by atoms with Crippen molar-refractivity contribution in [3.05, 3.63) is 24.6 Å². The molecule has 1 saturated carbocycles. The molecule has 0 bridgehead atoms. The second-order valence-electron chi connectivity index (χ2n) is 4.05. The summed E-state index contributed by atoms with van der Waals surface area (Å²) in [5.41, 5.74) is 0.588. The first-order valence-electron chi connectivity index (χ1n) is 5.22. The van der Waals surface area contributed by atoms with Gasteiger partial charge >= 0.3 is 0 Å². The largest absolute Gasteiger partial charge is 0.207 e. The van der Waals surface area contributed by atoms with Gasteiger partial charge < -0.3 is 0 Å². The van der Waals surface area contributed by atoms with Crippen LogP contribution in [0, 0.1) is 5.92 Å². The van der Waals surface area contributed by atoms with Crippen molar-refractivity contribution in [2.75, 3.05) is 0 Å². The lowest BCUT2D eigenvalue weighted by Crippen LogP contribution is -2.06. The Bertz CT molecular complexity index is 187. The van der Waals surface area contributed by atoms with Gasteiger partial charge in [-0.3, -0.25) is 0 Å². The summed E-state index contributed by atoms with van der Waals surface area (Å²) in [6.07, 6.45) is 8.63. The van der Waals surface area contributed by atoms with E-state index in [0.717, 1.165) is 18.8 Å². The molecule has 0 aliphatic heterocycles. The van der Waals surface area contributed by atoms with E-state index in [1.165, 1.54) is 32.1 Å². The summed E-state index contributed by atoms with van der Waals surface area (Å²) in [7, 11) is 0. The summed E-state index contributed by atoms with van der Waals surface area (Å²) in [4.78, 5) is 0. The first-order valence-corrected chi connectivity index (χ1v) is 5.22. The fraction of sp³-hybridized carbons (Fsp3) is 0.667. The maximum atomic E-state index is 12.6. The summed E-state index contributed by atoms with van der Waals surface area (Å²) in [5.74, 6) is 0.473. The normalized spacial score (nSPS) is 18.5. The van der Waals surface area contributed by atoms with Crippen LogP contribution < -0.4 is 0 Å². The average Bonchev–Trinajstić information content (AvgIpc) is 2.15. The predicted molar refractivity (Wildman–Crippen MR) is 55.2 cm³/mol. The van der Waals surface area contributed by atoms with Gasteiger partial charge in [0, 0.05) is 0 Å². The van der Waals surface area contributed by atoms with Crippen molar-refractivity contribution in [2.45, 2.75) is 44.9 Å². The molecule has 0 saturated heterocycles.